The van der Waals surface area contributed by atoms with Crippen molar-refractivity contribution in [2.24, 2.45) is 5.73 Å². The SMILES string of the molecule is CCCCCCCCCCCCCC(=O)N(CCNCCNCCN)C(CO)OCCOCCOCCOCCOCCOCCOCCOCCOCCOCCOCCO. The molecule has 0 aliphatic carbocycles. The normalized spacial score (nSPS) is 12.1. The monoisotopic (exact) mass is 901 g/mol. The molecule has 18 heteroatoms. The highest BCUT2D eigenvalue weighted by molar-refractivity contribution is 5.76. The number of hydrogen-bond acceptors (Lipinski definition) is 17. The largest absolute Gasteiger partial charge is 0.394 e. The van der Waals surface area contributed by atoms with Gasteiger partial charge in [-0.1, -0.05) is 71.1 Å². The number of nitrogens with zero attached hydrogens (tertiary/aromatic N) is 1. The molecule has 6 N–H and O–H groups in total. The van der Waals surface area contributed by atoms with Gasteiger partial charge in [0.15, 0.2) is 6.23 Å². The van der Waals surface area contributed by atoms with Crippen LogP contribution < -0.4 is 16.4 Å². The van der Waals surface area contributed by atoms with Crippen LogP contribution in [0, 0.1) is 0 Å². The van der Waals surface area contributed by atoms with Crippen LogP contribution in [0.3, 0.4) is 0 Å². The van der Waals surface area contributed by atoms with Crippen LogP contribution in [0.25, 0.3) is 0 Å². The summed E-state index contributed by atoms with van der Waals surface area (Å²) in [6.45, 7) is 15.3. The highest BCUT2D eigenvalue weighted by atomic mass is 16.6. The van der Waals surface area contributed by atoms with Crippen molar-refractivity contribution in [1.29, 1.82) is 0 Å². The quantitative estimate of drug-likeness (QED) is 0.0437. The fourth-order valence-corrected chi connectivity index (χ4v) is 5.87. The summed E-state index contributed by atoms with van der Waals surface area (Å²) in [5.41, 5.74) is 5.54. The summed E-state index contributed by atoms with van der Waals surface area (Å²) in [5.74, 6) is 0.00750. The Balaban J connectivity index is 3.79. The molecule has 0 aliphatic rings. The zero-order valence-electron chi connectivity index (χ0n) is 38.9. The second kappa shape index (κ2) is 54.2. The zero-order valence-corrected chi connectivity index (χ0v) is 38.9. The van der Waals surface area contributed by atoms with Crippen molar-refractivity contribution in [1.82, 2.24) is 15.5 Å². The zero-order chi connectivity index (χ0) is 44.9. The predicted molar refractivity (Wildman–Crippen MR) is 240 cm³/mol. The molecule has 0 heterocycles. The van der Waals surface area contributed by atoms with Crippen molar-refractivity contribution < 1.29 is 67.1 Å². The van der Waals surface area contributed by atoms with Crippen molar-refractivity contribution in [2.75, 3.05) is 191 Å². The highest BCUT2D eigenvalue weighted by Crippen LogP contribution is 2.13. The molecule has 0 aromatic rings. The summed E-state index contributed by atoms with van der Waals surface area (Å²) in [7, 11) is 0. The molecule has 0 spiro atoms. The Morgan fingerprint density at radius 3 is 1.16 bits per heavy atom. The van der Waals surface area contributed by atoms with E-state index in [9.17, 15) is 9.90 Å². The number of carbonyl (C=O) groups is 1. The number of carbonyl (C=O) groups excluding carboxylic acids is 1. The van der Waals surface area contributed by atoms with Gasteiger partial charge in [-0.15, -0.1) is 0 Å². The third-order valence-electron chi connectivity index (χ3n) is 9.27. The van der Waals surface area contributed by atoms with Gasteiger partial charge in [-0.2, -0.15) is 0 Å². The van der Waals surface area contributed by atoms with Gasteiger partial charge in [0.05, 0.1) is 152 Å². The van der Waals surface area contributed by atoms with Gasteiger partial charge >= 0.3 is 0 Å². The Hall–Kier alpha value is -1.17. The minimum absolute atomic E-state index is 0.00750. The third-order valence-corrected chi connectivity index (χ3v) is 9.27. The molecule has 0 aromatic heterocycles. The van der Waals surface area contributed by atoms with Crippen LogP contribution in [0.1, 0.15) is 84.0 Å². The number of aliphatic hydroxyl groups excluding tert-OH is 2. The van der Waals surface area contributed by atoms with Crippen LogP contribution in [-0.2, 0) is 56.9 Å². The van der Waals surface area contributed by atoms with E-state index in [2.05, 4.69) is 17.6 Å². The molecule has 18 nitrogen and oxygen atoms in total. The van der Waals surface area contributed by atoms with Crippen LogP contribution in [0.4, 0.5) is 0 Å². The van der Waals surface area contributed by atoms with Crippen molar-refractivity contribution in [3.8, 4) is 0 Å². The summed E-state index contributed by atoms with van der Waals surface area (Å²) in [6.07, 6.45) is 13.2. The number of aliphatic hydroxyl groups is 2. The maximum Gasteiger partial charge on any atom is 0.224 e. The smallest absolute Gasteiger partial charge is 0.224 e. The lowest BCUT2D eigenvalue weighted by Crippen LogP contribution is -2.48. The van der Waals surface area contributed by atoms with E-state index >= 15 is 0 Å². The van der Waals surface area contributed by atoms with Crippen LogP contribution in [0.2, 0.25) is 0 Å². The Bertz CT molecular complexity index is 862. The summed E-state index contributed by atoms with van der Waals surface area (Å²) < 4.78 is 60.6. The topological polar surface area (TPSA) is 212 Å². The van der Waals surface area contributed by atoms with Crippen LogP contribution >= 0.6 is 0 Å². The summed E-state index contributed by atoms with van der Waals surface area (Å²) in [6, 6.07) is 0. The molecule has 0 saturated carbocycles. The minimum atomic E-state index is -0.719. The lowest BCUT2D eigenvalue weighted by Gasteiger charge is -2.31. The van der Waals surface area contributed by atoms with Gasteiger partial charge in [0.1, 0.15) is 0 Å². The first-order valence-electron chi connectivity index (χ1n) is 23.7. The number of amides is 1. The maximum atomic E-state index is 13.3. The Labute approximate surface area is 375 Å². The molecule has 1 atom stereocenters. The average Bonchev–Trinajstić information content (AvgIpc) is 3.28. The molecule has 0 aromatic carbocycles. The van der Waals surface area contributed by atoms with Crippen LogP contribution in [0.15, 0.2) is 0 Å². The van der Waals surface area contributed by atoms with E-state index in [4.69, 9.17) is 62.9 Å². The molecular weight excluding hydrogens is 808 g/mol. The molecule has 0 rings (SSSR count). The summed E-state index contributed by atoms with van der Waals surface area (Å²) >= 11 is 0. The molecule has 1 amide bonds. The fraction of sp³-hybridized carbons (Fsp3) is 0.977. The third kappa shape index (κ3) is 46.8. The Kier molecular flexibility index (Phi) is 53.1. The molecule has 0 radical (unpaired) electrons. The number of nitrogens with two attached hydrogens (primary N) is 1. The van der Waals surface area contributed by atoms with Gasteiger partial charge in [-0.3, -0.25) is 4.79 Å². The summed E-state index contributed by atoms with van der Waals surface area (Å²) in [5, 5.41) is 25.4. The molecular formula is C44H92N4O14. The first-order valence-corrected chi connectivity index (χ1v) is 23.7. The van der Waals surface area contributed by atoms with E-state index in [-0.39, 0.29) is 25.7 Å². The van der Waals surface area contributed by atoms with Crippen molar-refractivity contribution in [3.63, 3.8) is 0 Å². The van der Waals surface area contributed by atoms with Crippen molar-refractivity contribution in [2.45, 2.75) is 90.2 Å². The van der Waals surface area contributed by atoms with Crippen LogP contribution in [-0.4, -0.2) is 218 Å². The molecule has 372 valence electrons. The van der Waals surface area contributed by atoms with Crippen LogP contribution in [0.5, 0.6) is 0 Å². The number of hydrogen-bond donors (Lipinski definition) is 5. The first kappa shape index (κ1) is 60.8. The van der Waals surface area contributed by atoms with Crippen molar-refractivity contribution >= 4 is 5.91 Å². The molecule has 0 saturated heterocycles. The second-order valence-electron chi connectivity index (χ2n) is 14.5. The predicted octanol–water partition coefficient (Wildman–Crippen LogP) is 2.15. The number of ether oxygens (including phenoxy) is 11. The Morgan fingerprint density at radius 1 is 0.468 bits per heavy atom. The van der Waals surface area contributed by atoms with Gasteiger partial charge in [0.2, 0.25) is 5.91 Å². The summed E-state index contributed by atoms with van der Waals surface area (Å²) in [4.78, 5) is 14.9. The molecule has 62 heavy (non-hydrogen) atoms. The lowest BCUT2D eigenvalue weighted by atomic mass is 10.1. The molecule has 1 unspecified atom stereocenters. The van der Waals surface area contributed by atoms with E-state index in [1.54, 1.807) is 4.90 Å². The number of nitrogens with one attached hydrogen (secondary N) is 2. The highest BCUT2D eigenvalue weighted by Gasteiger charge is 2.23. The minimum Gasteiger partial charge on any atom is -0.394 e. The van der Waals surface area contributed by atoms with Gasteiger partial charge in [0, 0.05) is 45.7 Å². The fourth-order valence-electron chi connectivity index (χ4n) is 5.87. The molecule has 0 fully saturated rings. The second-order valence-corrected chi connectivity index (χ2v) is 14.5. The van der Waals surface area contributed by atoms with Gasteiger partial charge in [-0.25, -0.2) is 0 Å². The average molecular weight is 901 g/mol. The van der Waals surface area contributed by atoms with Gasteiger partial charge < -0.3 is 83.6 Å². The van der Waals surface area contributed by atoms with Crippen molar-refractivity contribution in [3.05, 3.63) is 0 Å². The van der Waals surface area contributed by atoms with E-state index in [0.717, 1.165) is 38.9 Å². The van der Waals surface area contributed by atoms with E-state index < -0.39 is 6.23 Å². The standard InChI is InChI=1S/C44H92N4O14/c1-2-3-4-5-6-7-8-9-10-11-12-13-43(51)48(19-18-47-17-16-46-15-14-45)44(42-50)62-41-40-61-39-38-60-37-36-59-35-34-58-33-32-57-31-30-56-29-28-55-27-26-54-25-24-53-23-22-52-21-20-49/h44,46-47,49-50H,2-42,45H2,1H3. The van der Waals surface area contributed by atoms with E-state index in [0.29, 0.717) is 158 Å². The van der Waals surface area contributed by atoms with Gasteiger partial charge in [0.25, 0.3) is 0 Å². The maximum absolute atomic E-state index is 13.3. The first-order chi connectivity index (χ1) is 30.7. The molecule has 0 bridgehead atoms. The van der Waals surface area contributed by atoms with E-state index in [1.807, 2.05) is 0 Å². The van der Waals surface area contributed by atoms with E-state index in [1.165, 1.54) is 51.4 Å². The number of rotatable bonds is 55. The lowest BCUT2D eigenvalue weighted by molar-refractivity contribution is -0.153. The van der Waals surface area contributed by atoms with Gasteiger partial charge in [-0.05, 0) is 6.42 Å². The Morgan fingerprint density at radius 2 is 0.806 bits per heavy atom. The number of unbranched alkanes of at least 4 members (excludes halogenated alkanes) is 10. The molecule has 0 aliphatic heterocycles.